The van der Waals surface area contributed by atoms with Crippen molar-refractivity contribution in [2.24, 2.45) is 0 Å². The maximum absolute atomic E-state index is 11.7. The van der Waals surface area contributed by atoms with Crippen LogP contribution in [0.5, 0.6) is 0 Å². The van der Waals surface area contributed by atoms with Crippen LogP contribution in [0, 0.1) is 11.3 Å². The summed E-state index contributed by atoms with van der Waals surface area (Å²) in [5, 5.41) is 9.19. The lowest BCUT2D eigenvalue weighted by molar-refractivity contribution is 0.213. The smallest absolute Gasteiger partial charge is 0.278 e. The van der Waals surface area contributed by atoms with Crippen molar-refractivity contribution in [3.05, 3.63) is 0 Å². The summed E-state index contributed by atoms with van der Waals surface area (Å²) < 4.78 is 28.3. The van der Waals surface area contributed by atoms with Gasteiger partial charge >= 0.3 is 0 Å². The summed E-state index contributed by atoms with van der Waals surface area (Å²) in [5.74, 6) is 0. The molecule has 1 aliphatic heterocycles. The number of piperidine rings is 1. The van der Waals surface area contributed by atoms with Crippen molar-refractivity contribution >= 4 is 10.2 Å². The lowest BCUT2D eigenvalue weighted by atomic mass is 9.91. The molecule has 0 saturated carbocycles. The van der Waals surface area contributed by atoms with Crippen molar-refractivity contribution in [1.82, 2.24) is 14.3 Å². The minimum atomic E-state index is -3.57. The Kier molecular flexibility index (Phi) is 4.89. The third-order valence-electron chi connectivity index (χ3n) is 2.93. The predicted octanol–water partition coefficient (Wildman–Crippen LogP) is -0.192. The average Bonchev–Trinajstić information content (AvgIpc) is 2.30. The summed E-state index contributed by atoms with van der Waals surface area (Å²) in [6, 6.07) is 2.11. The molecule has 1 heterocycles. The van der Waals surface area contributed by atoms with Crippen molar-refractivity contribution in [1.29, 1.82) is 5.26 Å². The summed E-state index contributed by atoms with van der Waals surface area (Å²) in [5.41, 5.74) is -0.952. The number of rotatable bonds is 5. The van der Waals surface area contributed by atoms with Gasteiger partial charge in [0.2, 0.25) is 0 Å². The first-order valence-electron chi connectivity index (χ1n) is 5.81. The molecule has 0 spiro atoms. The van der Waals surface area contributed by atoms with E-state index in [1.807, 2.05) is 14.0 Å². The third kappa shape index (κ3) is 4.24. The molecular formula is C10H20N4O2S. The van der Waals surface area contributed by atoms with Gasteiger partial charge in [-0.2, -0.15) is 18.4 Å². The second-order valence-electron chi connectivity index (χ2n) is 4.50. The van der Waals surface area contributed by atoms with Gasteiger partial charge in [-0.05, 0) is 26.3 Å². The van der Waals surface area contributed by atoms with Crippen LogP contribution in [-0.2, 0) is 10.2 Å². The molecule has 2 N–H and O–H groups in total. The summed E-state index contributed by atoms with van der Waals surface area (Å²) in [7, 11) is -1.61. The van der Waals surface area contributed by atoms with E-state index in [2.05, 4.69) is 20.4 Å². The minimum Gasteiger partial charge on any atom is -0.306 e. The van der Waals surface area contributed by atoms with Gasteiger partial charge in [-0.1, -0.05) is 6.92 Å². The molecule has 0 unspecified atom stereocenters. The van der Waals surface area contributed by atoms with E-state index in [0.29, 0.717) is 19.4 Å². The molecule has 1 saturated heterocycles. The van der Waals surface area contributed by atoms with E-state index in [1.54, 1.807) is 0 Å². The maximum atomic E-state index is 11.7. The van der Waals surface area contributed by atoms with Crippen molar-refractivity contribution < 1.29 is 8.42 Å². The van der Waals surface area contributed by atoms with Crippen molar-refractivity contribution in [2.75, 3.05) is 26.7 Å². The highest BCUT2D eigenvalue weighted by atomic mass is 32.2. The fourth-order valence-corrected chi connectivity index (χ4v) is 3.08. The van der Waals surface area contributed by atoms with Gasteiger partial charge in [-0.15, -0.1) is 0 Å². The van der Waals surface area contributed by atoms with Crippen LogP contribution in [0.1, 0.15) is 26.2 Å². The van der Waals surface area contributed by atoms with Crippen LogP contribution in [0.3, 0.4) is 0 Å². The van der Waals surface area contributed by atoms with Crippen LogP contribution in [0.2, 0.25) is 0 Å². The number of likely N-dealkylation sites (tertiary alicyclic amines) is 1. The molecule has 17 heavy (non-hydrogen) atoms. The summed E-state index contributed by atoms with van der Waals surface area (Å²) in [6.07, 6.45) is 1.77. The molecule has 0 aromatic heterocycles. The zero-order chi connectivity index (χ0) is 12.9. The fourth-order valence-electron chi connectivity index (χ4n) is 1.77. The molecule has 0 bridgehead atoms. The highest BCUT2D eigenvalue weighted by Gasteiger charge is 2.37. The van der Waals surface area contributed by atoms with E-state index in [4.69, 9.17) is 0 Å². The van der Waals surface area contributed by atoms with Crippen molar-refractivity contribution in [3.63, 3.8) is 0 Å². The number of nitriles is 1. The standard InChI is InChI=1S/C10H20N4O2S/c1-3-6-12-17(15,16)13-10(9-11)4-7-14(2)8-5-10/h12-13H,3-8H2,1-2H3. The van der Waals surface area contributed by atoms with Gasteiger partial charge in [0.05, 0.1) is 6.07 Å². The van der Waals surface area contributed by atoms with Crippen LogP contribution >= 0.6 is 0 Å². The number of nitrogens with one attached hydrogen (secondary N) is 2. The predicted molar refractivity (Wildman–Crippen MR) is 65.4 cm³/mol. The first-order valence-corrected chi connectivity index (χ1v) is 7.30. The average molecular weight is 260 g/mol. The number of nitrogens with zero attached hydrogens (tertiary/aromatic N) is 2. The Bertz CT molecular complexity index is 380. The largest absolute Gasteiger partial charge is 0.306 e. The van der Waals surface area contributed by atoms with Crippen LogP contribution in [0.15, 0.2) is 0 Å². The molecule has 0 aromatic rings. The molecule has 0 radical (unpaired) electrons. The normalized spacial score (nSPS) is 21.0. The van der Waals surface area contributed by atoms with Crippen LogP contribution in [0.25, 0.3) is 0 Å². The van der Waals surface area contributed by atoms with Gasteiger partial charge in [0.1, 0.15) is 5.54 Å². The van der Waals surface area contributed by atoms with Gasteiger partial charge < -0.3 is 4.90 Å². The molecule has 1 rings (SSSR count). The Labute approximate surface area is 103 Å². The maximum Gasteiger partial charge on any atom is 0.278 e. The Balaban J connectivity index is 2.67. The van der Waals surface area contributed by atoms with Crippen LogP contribution in [0.4, 0.5) is 0 Å². The molecular weight excluding hydrogens is 240 g/mol. The van der Waals surface area contributed by atoms with E-state index < -0.39 is 15.7 Å². The molecule has 1 aliphatic rings. The Morgan fingerprint density at radius 3 is 2.47 bits per heavy atom. The highest BCUT2D eigenvalue weighted by Crippen LogP contribution is 2.21. The van der Waals surface area contributed by atoms with E-state index in [-0.39, 0.29) is 0 Å². The molecule has 0 amide bonds. The zero-order valence-corrected chi connectivity index (χ0v) is 11.2. The molecule has 0 atom stereocenters. The Hall–Kier alpha value is -0.680. The molecule has 7 heteroatoms. The van der Waals surface area contributed by atoms with Crippen molar-refractivity contribution in [3.8, 4) is 6.07 Å². The monoisotopic (exact) mass is 260 g/mol. The lowest BCUT2D eigenvalue weighted by Gasteiger charge is -2.35. The zero-order valence-electron chi connectivity index (χ0n) is 10.4. The second-order valence-corrected chi connectivity index (χ2v) is 6.00. The Morgan fingerprint density at radius 2 is 2.00 bits per heavy atom. The van der Waals surface area contributed by atoms with E-state index in [0.717, 1.165) is 19.5 Å². The molecule has 98 valence electrons. The van der Waals surface area contributed by atoms with Crippen LogP contribution in [-0.4, -0.2) is 45.5 Å². The molecule has 1 fully saturated rings. The minimum absolute atomic E-state index is 0.386. The van der Waals surface area contributed by atoms with E-state index in [1.165, 1.54) is 0 Å². The third-order valence-corrected chi connectivity index (χ3v) is 4.17. The van der Waals surface area contributed by atoms with E-state index >= 15 is 0 Å². The molecule has 0 aliphatic carbocycles. The lowest BCUT2D eigenvalue weighted by Crippen LogP contribution is -2.56. The summed E-state index contributed by atoms with van der Waals surface area (Å²) in [4.78, 5) is 2.09. The fraction of sp³-hybridized carbons (Fsp3) is 0.900. The van der Waals surface area contributed by atoms with Gasteiger partial charge in [-0.25, -0.2) is 4.72 Å². The van der Waals surface area contributed by atoms with Gasteiger partial charge in [-0.3, -0.25) is 0 Å². The topological polar surface area (TPSA) is 85.2 Å². The van der Waals surface area contributed by atoms with Gasteiger partial charge in [0, 0.05) is 19.6 Å². The number of hydrogen-bond acceptors (Lipinski definition) is 4. The van der Waals surface area contributed by atoms with Crippen molar-refractivity contribution in [2.45, 2.75) is 31.7 Å². The Morgan fingerprint density at radius 1 is 1.41 bits per heavy atom. The summed E-state index contributed by atoms with van der Waals surface area (Å²) in [6.45, 7) is 3.72. The second kappa shape index (κ2) is 5.78. The quantitative estimate of drug-likeness (QED) is 0.717. The molecule has 0 aromatic carbocycles. The van der Waals surface area contributed by atoms with Gasteiger partial charge in [0.25, 0.3) is 10.2 Å². The number of hydrogen-bond donors (Lipinski definition) is 2. The summed E-state index contributed by atoms with van der Waals surface area (Å²) >= 11 is 0. The SMILES string of the molecule is CCCNS(=O)(=O)NC1(C#N)CCN(C)CC1. The first kappa shape index (κ1) is 14.4. The van der Waals surface area contributed by atoms with Gasteiger partial charge in [0.15, 0.2) is 0 Å². The van der Waals surface area contributed by atoms with Crippen LogP contribution < -0.4 is 9.44 Å². The first-order chi connectivity index (χ1) is 7.93. The molecule has 6 nitrogen and oxygen atoms in total. The highest BCUT2D eigenvalue weighted by molar-refractivity contribution is 7.87. The van der Waals surface area contributed by atoms with E-state index in [9.17, 15) is 13.7 Å².